The highest BCUT2D eigenvalue weighted by Gasteiger charge is 2.18. The van der Waals surface area contributed by atoms with Crippen LogP contribution in [0.1, 0.15) is 12.8 Å². The summed E-state index contributed by atoms with van der Waals surface area (Å²) in [5.74, 6) is 0.0256. The van der Waals surface area contributed by atoms with Gasteiger partial charge in [-0.15, -0.1) is 0 Å². The number of aromatic nitrogens is 1. The van der Waals surface area contributed by atoms with E-state index < -0.39 is 0 Å². The maximum atomic E-state index is 11.8. The molecule has 1 aromatic rings. The monoisotopic (exact) mass is 284 g/mol. The Hall–Kier alpha value is -1.10. The molecule has 2 heterocycles. The van der Waals surface area contributed by atoms with Crippen LogP contribution in [0.15, 0.2) is 27.6 Å². The molecule has 1 saturated heterocycles. The van der Waals surface area contributed by atoms with Gasteiger partial charge in [0, 0.05) is 19.3 Å². The van der Waals surface area contributed by atoms with Crippen molar-refractivity contribution in [1.82, 2.24) is 9.47 Å². The molecule has 5 heteroatoms. The lowest BCUT2D eigenvalue weighted by atomic mass is 10.4. The second-order valence-electron chi connectivity index (χ2n) is 3.88. The number of likely N-dealkylation sites (tertiary alicyclic amines) is 1. The Morgan fingerprint density at radius 2 is 2.06 bits per heavy atom. The molecule has 0 unspecified atom stereocenters. The number of hydrogen-bond acceptors (Lipinski definition) is 2. The predicted octanol–water partition coefficient (Wildman–Crippen LogP) is 1.23. The molecule has 1 aromatic heterocycles. The third-order valence-electron chi connectivity index (χ3n) is 2.74. The number of rotatable bonds is 2. The average molecular weight is 285 g/mol. The zero-order valence-corrected chi connectivity index (χ0v) is 10.4. The van der Waals surface area contributed by atoms with E-state index in [1.807, 2.05) is 4.90 Å². The molecule has 0 radical (unpaired) electrons. The first-order valence-electron chi connectivity index (χ1n) is 5.31. The maximum absolute atomic E-state index is 11.8. The Kier molecular flexibility index (Phi) is 3.43. The van der Waals surface area contributed by atoms with Crippen LogP contribution >= 0.6 is 15.9 Å². The quantitative estimate of drug-likeness (QED) is 0.820. The third kappa shape index (κ3) is 2.35. The summed E-state index contributed by atoms with van der Waals surface area (Å²) in [5.41, 5.74) is -0.157. The van der Waals surface area contributed by atoms with Gasteiger partial charge in [0.05, 0.1) is 4.47 Å². The fourth-order valence-electron chi connectivity index (χ4n) is 1.84. The second-order valence-corrected chi connectivity index (χ2v) is 4.73. The van der Waals surface area contributed by atoms with Gasteiger partial charge in [0.15, 0.2) is 0 Å². The minimum atomic E-state index is -0.157. The van der Waals surface area contributed by atoms with Gasteiger partial charge in [0.1, 0.15) is 6.54 Å². The Morgan fingerprint density at radius 1 is 1.38 bits per heavy atom. The Balaban J connectivity index is 2.11. The summed E-state index contributed by atoms with van der Waals surface area (Å²) in [7, 11) is 0. The smallest absolute Gasteiger partial charge is 0.265 e. The lowest BCUT2D eigenvalue weighted by Crippen LogP contribution is -2.34. The number of pyridine rings is 1. The van der Waals surface area contributed by atoms with Crippen molar-refractivity contribution in [3.8, 4) is 0 Å². The van der Waals surface area contributed by atoms with E-state index in [-0.39, 0.29) is 18.0 Å². The van der Waals surface area contributed by atoms with Crippen LogP contribution in [-0.2, 0) is 11.3 Å². The van der Waals surface area contributed by atoms with Gasteiger partial charge >= 0.3 is 0 Å². The van der Waals surface area contributed by atoms with Crippen LogP contribution in [0.4, 0.5) is 0 Å². The summed E-state index contributed by atoms with van der Waals surface area (Å²) in [6, 6.07) is 3.43. The molecule has 1 aliphatic rings. The van der Waals surface area contributed by atoms with E-state index >= 15 is 0 Å². The number of amides is 1. The topological polar surface area (TPSA) is 42.3 Å². The molecule has 0 spiro atoms. The largest absolute Gasteiger partial charge is 0.341 e. The minimum absolute atomic E-state index is 0.0256. The van der Waals surface area contributed by atoms with Gasteiger partial charge in [0.2, 0.25) is 5.91 Å². The van der Waals surface area contributed by atoms with E-state index in [1.54, 1.807) is 18.3 Å². The van der Waals surface area contributed by atoms with E-state index in [0.717, 1.165) is 25.9 Å². The SMILES string of the molecule is O=C(Cn1cccc(Br)c1=O)N1CCCC1. The van der Waals surface area contributed by atoms with Crippen molar-refractivity contribution in [2.75, 3.05) is 13.1 Å². The fourth-order valence-corrected chi connectivity index (χ4v) is 2.22. The summed E-state index contributed by atoms with van der Waals surface area (Å²) in [4.78, 5) is 25.3. The van der Waals surface area contributed by atoms with Crippen molar-refractivity contribution in [3.05, 3.63) is 33.2 Å². The number of hydrogen-bond donors (Lipinski definition) is 0. The van der Waals surface area contributed by atoms with Crippen LogP contribution in [0, 0.1) is 0 Å². The van der Waals surface area contributed by atoms with Crippen LogP contribution in [0.5, 0.6) is 0 Å². The molecular weight excluding hydrogens is 272 g/mol. The Morgan fingerprint density at radius 3 is 2.75 bits per heavy atom. The average Bonchev–Trinajstić information content (AvgIpc) is 2.78. The maximum Gasteiger partial charge on any atom is 0.265 e. The highest BCUT2D eigenvalue weighted by molar-refractivity contribution is 9.10. The molecule has 1 fully saturated rings. The molecule has 0 saturated carbocycles. The third-order valence-corrected chi connectivity index (χ3v) is 3.34. The van der Waals surface area contributed by atoms with Crippen molar-refractivity contribution in [1.29, 1.82) is 0 Å². The van der Waals surface area contributed by atoms with Gasteiger partial charge < -0.3 is 9.47 Å². The highest BCUT2D eigenvalue weighted by atomic mass is 79.9. The molecule has 0 aliphatic carbocycles. The molecular formula is C11H13BrN2O2. The van der Waals surface area contributed by atoms with E-state index in [1.165, 1.54) is 4.57 Å². The van der Waals surface area contributed by atoms with Crippen LogP contribution in [0.2, 0.25) is 0 Å². The normalized spacial score (nSPS) is 15.4. The Bertz CT molecular complexity index is 450. The van der Waals surface area contributed by atoms with Crippen molar-refractivity contribution < 1.29 is 4.79 Å². The van der Waals surface area contributed by atoms with Gasteiger partial charge in [-0.2, -0.15) is 0 Å². The van der Waals surface area contributed by atoms with Crippen molar-refractivity contribution in [3.63, 3.8) is 0 Å². The van der Waals surface area contributed by atoms with E-state index in [0.29, 0.717) is 4.47 Å². The van der Waals surface area contributed by atoms with Crippen LogP contribution < -0.4 is 5.56 Å². The summed E-state index contributed by atoms with van der Waals surface area (Å²) in [6.45, 7) is 1.78. The molecule has 16 heavy (non-hydrogen) atoms. The first-order chi connectivity index (χ1) is 7.68. The van der Waals surface area contributed by atoms with Crippen LogP contribution in [0.25, 0.3) is 0 Å². The molecule has 2 rings (SSSR count). The van der Waals surface area contributed by atoms with Crippen LogP contribution in [0.3, 0.4) is 0 Å². The molecule has 0 atom stereocenters. The predicted molar refractivity (Wildman–Crippen MR) is 64.2 cm³/mol. The first-order valence-corrected chi connectivity index (χ1v) is 6.10. The molecule has 4 nitrogen and oxygen atoms in total. The van der Waals surface area contributed by atoms with Gasteiger partial charge in [-0.1, -0.05) is 0 Å². The summed E-state index contributed by atoms with van der Waals surface area (Å²) in [5, 5.41) is 0. The van der Waals surface area contributed by atoms with Gasteiger partial charge in [-0.05, 0) is 40.9 Å². The van der Waals surface area contributed by atoms with Crippen molar-refractivity contribution in [2.45, 2.75) is 19.4 Å². The summed E-state index contributed by atoms with van der Waals surface area (Å²) in [6.07, 6.45) is 3.78. The highest BCUT2D eigenvalue weighted by Crippen LogP contribution is 2.08. The minimum Gasteiger partial charge on any atom is -0.341 e. The van der Waals surface area contributed by atoms with Crippen molar-refractivity contribution in [2.24, 2.45) is 0 Å². The number of carbonyl (C=O) groups is 1. The van der Waals surface area contributed by atoms with Gasteiger partial charge in [0.25, 0.3) is 5.56 Å². The number of nitrogens with zero attached hydrogens (tertiary/aromatic N) is 2. The molecule has 1 amide bonds. The molecule has 0 bridgehead atoms. The van der Waals surface area contributed by atoms with E-state index in [9.17, 15) is 9.59 Å². The number of carbonyl (C=O) groups excluding carboxylic acids is 1. The fraction of sp³-hybridized carbons (Fsp3) is 0.455. The van der Waals surface area contributed by atoms with E-state index in [2.05, 4.69) is 15.9 Å². The summed E-state index contributed by atoms with van der Waals surface area (Å²) >= 11 is 3.16. The zero-order chi connectivity index (χ0) is 11.5. The lowest BCUT2D eigenvalue weighted by Gasteiger charge is -2.15. The second kappa shape index (κ2) is 4.82. The molecule has 0 N–H and O–H groups in total. The molecule has 0 aromatic carbocycles. The van der Waals surface area contributed by atoms with Gasteiger partial charge in [-0.25, -0.2) is 0 Å². The zero-order valence-electron chi connectivity index (χ0n) is 8.86. The van der Waals surface area contributed by atoms with Crippen molar-refractivity contribution >= 4 is 21.8 Å². The lowest BCUT2D eigenvalue weighted by molar-refractivity contribution is -0.130. The standard InChI is InChI=1S/C11H13BrN2O2/c12-9-4-3-7-14(11(9)16)8-10(15)13-5-1-2-6-13/h3-4,7H,1-2,5-6,8H2. The first kappa shape index (κ1) is 11.4. The molecule has 86 valence electrons. The number of halogens is 1. The summed E-state index contributed by atoms with van der Waals surface area (Å²) < 4.78 is 1.93. The van der Waals surface area contributed by atoms with Gasteiger partial charge in [-0.3, -0.25) is 9.59 Å². The Labute approximate surface area is 102 Å². The molecule has 1 aliphatic heterocycles. The van der Waals surface area contributed by atoms with E-state index in [4.69, 9.17) is 0 Å². The van der Waals surface area contributed by atoms with Crippen LogP contribution in [-0.4, -0.2) is 28.5 Å².